The summed E-state index contributed by atoms with van der Waals surface area (Å²) >= 11 is 0. The highest BCUT2D eigenvalue weighted by atomic mass is 19.1. The average molecular weight is 239 g/mol. The fraction of sp³-hybridized carbons (Fsp3) is 0.462. The highest BCUT2D eigenvalue weighted by molar-refractivity contribution is 5.79. The van der Waals surface area contributed by atoms with Crippen LogP contribution in [-0.2, 0) is 11.2 Å². The van der Waals surface area contributed by atoms with Crippen LogP contribution in [0.15, 0.2) is 18.2 Å². The van der Waals surface area contributed by atoms with E-state index in [2.05, 4.69) is 0 Å². The van der Waals surface area contributed by atoms with Crippen molar-refractivity contribution in [3.05, 3.63) is 29.6 Å². The number of rotatable bonds is 5. The minimum atomic E-state index is -0.354. The number of carbonyl (C=O) groups is 1. The van der Waals surface area contributed by atoms with E-state index < -0.39 is 0 Å². The van der Waals surface area contributed by atoms with Gasteiger partial charge in [-0.25, -0.2) is 4.39 Å². The van der Waals surface area contributed by atoms with Gasteiger partial charge in [0.15, 0.2) is 0 Å². The van der Waals surface area contributed by atoms with Crippen molar-refractivity contribution in [2.24, 2.45) is 0 Å². The first-order valence-electron chi connectivity index (χ1n) is 5.72. The Kier molecular flexibility index (Phi) is 4.94. The summed E-state index contributed by atoms with van der Waals surface area (Å²) < 4.78 is 18.2. The molecule has 0 aliphatic carbocycles. The number of amides is 1. The summed E-state index contributed by atoms with van der Waals surface area (Å²) in [4.78, 5) is 13.6. The van der Waals surface area contributed by atoms with E-state index in [1.165, 1.54) is 19.2 Å². The average Bonchev–Trinajstić information content (AvgIpc) is 2.31. The molecule has 0 radical (unpaired) electrons. The molecule has 1 amide bonds. The second-order valence-electron chi connectivity index (χ2n) is 3.70. The van der Waals surface area contributed by atoms with Crippen LogP contribution >= 0.6 is 0 Å². The maximum Gasteiger partial charge on any atom is 0.227 e. The smallest absolute Gasteiger partial charge is 0.227 e. The zero-order valence-electron chi connectivity index (χ0n) is 10.5. The monoisotopic (exact) mass is 239 g/mol. The molecule has 0 aliphatic rings. The Bertz CT molecular complexity index is 389. The molecule has 3 nitrogen and oxygen atoms in total. The van der Waals surface area contributed by atoms with Crippen molar-refractivity contribution in [1.82, 2.24) is 4.90 Å². The molecule has 0 heterocycles. The molecular formula is C13H18FNO2. The van der Waals surface area contributed by atoms with Crippen LogP contribution in [0.3, 0.4) is 0 Å². The first-order chi connectivity index (χ1) is 8.12. The van der Waals surface area contributed by atoms with Crippen molar-refractivity contribution in [1.29, 1.82) is 0 Å². The lowest BCUT2D eigenvalue weighted by atomic mass is 10.1. The van der Waals surface area contributed by atoms with Crippen LogP contribution in [0.5, 0.6) is 5.75 Å². The van der Waals surface area contributed by atoms with Gasteiger partial charge in [0.25, 0.3) is 0 Å². The van der Waals surface area contributed by atoms with Crippen LogP contribution in [0.25, 0.3) is 0 Å². The molecule has 0 bridgehead atoms. The molecule has 4 heteroatoms. The van der Waals surface area contributed by atoms with Gasteiger partial charge in [0, 0.05) is 18.7 Å². The van der Waals surface area contributed by atoms with Crippen LogP contribution in [0.4, 0.5) is 4.39 Å². The molecule has 0 aliphatic heterocycles. The summed E-state index contributed by atoms with van der Waals surface area (Å²) in [6.45, 7) is 5.16. The molecule has 0 saturated carbocycles. The zero-order chi connectivity index (χ0) is 12.8. The summed E-state index contributed by atoms with van der Waals surface area (Å²) in [5, 5.41) is 0. The first kappa shape index (κ1) is 13.5. The van der Waals surface area contributed by atoms with Crippen LogP contribution in [0.2, 0.25) is 0 Å². The minimum Gasteiger partial charge on any atom is -0.496 e. The number of nitrogens with zero attached hydrogens (tertiary/aromatic N) is 1. The molecule has 1 aromatic rings. The third kappa shape index (κ3) is 3.44. The first-order valence-corrected chi connectivity index (χ1v) is 5.72. The zero-order valence-corrected chi connectivity index (χ0v) is 10.5. The van der Waals surface area contributed by atoms with Gasteiger partial charge in [0.1, 0.15) is 11.6 Å². The maximum atomic E-state index is 13.1. The number of ether oxygens (including phenoxy) is 1. The van der Waals surface area contributed by atoms with Gasteiger partial charge in [-0.15, -0.1) is 0 Å². The Hall–Kier alpha value is -1.58. The molecule has 0 aromatic heterocycles. The predicted molar refractivity (Wildman–Crippen MR) is 64.6 cm³/mol. The maximum absolute atomic E-state index is 13.1. The van der Waals surface area contributed by atoms with E-state index in [0.29, 0.717) is 24.4 Å². The molecule has 0 N–H and O–H groups in total. The summed E-state index contributed by atoms with van der Waals surface area (Å²) in [5.41, 5.74) is 0.587. The lowest BCUT2D eigenvalue weighted by Crippen LogP contribution is -2.31. The number of hydrogen-bond donors (Lipinski definition) is 0. The van der Waals surface area contributed by atoms with Crippen molar-refractivity contribution in [2.45, 2.75) is 20.3 Å². The van der Waals surface area contributed by atoms with E-state index in [0.717, 1.165) is 0 Å². The predicted octanol–water partition coefficient (Wildman–Crippen LogP) is 2.25. The number of hydrogen-bond acceptors (Lipinski definition) is 2. The molecule has 17 heavy (non-hydrogen) atoms. The Labute approximate surface area is 101 Å². The number of likely N-dealkylation sites (N-methyl/N-ethyl adjacent to an activating group) is 1. The van der Waals surface area contributed by atoms with Crippen molar-refractivity contribution in [3.63, 3.8) is 0 Å². The molecule has 0 saturated heterocycles. The largest absolute Gasteiger partial charge is 0.496 e. The molecule has 0 atom stereocenters. The molecule has 94 valence electrons. The summed E-state index contributed by atoms with van der Waals surface area (Å²) in [5.74, 6) is 0.180. The summed E-state index contributed by atoms with van der Waals surface area (Å²) in [6, 6.07) is 4.21. The van der Waals surface area contributed by atoms with E-state index in [4.69, 9.17) is 4.74 Å². The standard InChI is InChI=1S/C13H18FNO2/c1-4-15(5-2)13(16)9-10-8-11(14)6-7-12(10)17-3/h6-8H,4-5,9H2,1-3H3. The van der Waals surface area contributed by atoms with Gasteiger partial charge in [0.2, 0.25) is 5.91 Å². The Morgan fingerprint density at radius 1 is 1.35 bits per heavy atom. The number of benzene rings is 1. The molecular weight excluding hydrogens is 221 g/mol. The van der Waals surface area contributed by atoms with E-state index in [-0.39, 0.29) is 18.1 Å². The van der Waals surface area contributed by atoms with E-state index in [1.54, 1.807) is 11.0 Å². The van der Waals surface area contributed by atoms with E-state index in [9.17, 15) is 9.18 Å². The number of methoxy groups -OCH3 is 1. The third-order valence-electron chi connectivity index (χ3n) is 2.70. The Morgan fingerprint density at radius 3 is 2.53 bits per heavy atom. The molecule has 1 aromatic carbocycles. The highest BCUT2D eigenvalue weighted by Gasteiger charge is 2.14. The fourth-order valence-corrected chi connectivity index (χ4v) is 1.74. The van der Waals surface area contributed by atoms with Gasteiger partial charge in [0.05, 0.1) is 13.5 Å². The SMILES string of the molecule is CCN(CC)C(=O)Cc1cc(F)ccc1OC. The summed E-state index contributed by atoms with van der Waals surface area (Å²) in [6.07, 6.45) is 0.169. The molecule has 0 fully saturated rings. The van der Waals surface area contributed by atoms with E-state index >= 15 is 0 Å². The van der Waals surface area contributed by atoms with E-state index in [1.807, 2.05) is 13.8 Å². The summed E-state index contributed by atoms with van der Waals surface area (Å²) in [7, 11) is 1.51. The van der Waals surface area contributed by atoms with Crippen molar-refractivity contribution < 1.29 is 13.9 Å². The van der Waals surface area contributed by atoms with Gasteiger partial charge in [-0.05, 0) is 32.0 Å². The highest BCUT2D eigenvalue weighted by Crippen LogP contribution is 2.20. The third-order valence-corrected chi connectivity index (χ3v) is 2.70. The van der Waals surface area contributed by atoms with Crippen molar-refractivity contribution in [2.75, 3.05) is 20.2 Å². The topological polar surface area (TPSA) is 29.5 Å². The van der Waals surface area contributed by atoms with Crippen LogP contribution in [-0.4, -0.2) is 31.0 Å². The minimum absolute atomic E-state index is 0.0149. The number of carbonyl (C=O) groups excluding carboxylic acids is 1. The fourth-order valence-electron chi connectivity index (χ4n) is 1.74. The normalized spacial score (nSPS) is 10.1. The Balaban J connectivity index is 2.86. The molecule has 1 rings (SSSR count). The lowest BCUT2D eigenvalue weighted by molar-refractivity contribution is -0.130. The van der Waals surface area contributed by atoms with Gasteiger partial charge in [-0.3, -0.25) is 4.79 Å². The number of halogens is 1. The van der Waals surface area contributed by atoms with Crippen molar-refractivity contribution in [3.8, 4) is 5.75 Å². The molecule has 0 spiro atoms. The second-order valence-corrected chi connectivity index (χ2v) is 3.70. The van der Waals surface area contributed by atoms with Gasteiger partial charge in [-0.2, -0.15) is 0 Å². The quantitative estimate of drug-likeness (QED) is 0.788. The van der Waals surface area contributed by atoms with Crippen LogP contribution in [0, 0.1) is 5.82 Å². The second kappa shape index (κ2) is 6.23. The van der Waals surface area contributed by atoms with Gasteiger partial charge >= 0.3 is 0 Å². The van der Waals surface area contributed by atoms with Gasteiger partial charge < -0.3 is 9.64 Å². The van der Waals surface area contributed by atoms with Crippen molar-refractivity contribution >= 4 is 5.91 Å². The lowest BCUT2D eigenvalue weighted by Gasteiger charge is -2.19. The van der Waals surface area contributed by atoms with Crippen LogP contribution in [0.1, 0.15) is 19.4 Å². The van der Waals surface area contributed by atoms with Crippen LogP contribution < -0.4 is 4.74 Å². The Morgan fingerprint density at radius 2 is 2.00 bits per heavy atom. The molecule has 0 unspecified atom stereocenters. The van der Waals surface area contributed by atoms with Gasteiger partial charge in [-0.1, -0.05) is 0 Å².